The minimum Gasteiger partial charge on any atom is -0.435 e. The Bertz CT molecular complexity index is 777. The first-order valence-electron chi connectivity index (χ1n) is 6.20. The Balaban J connectivity index is 1.95. The van der Waals surface area contributed by atoms with Gasteiger partial charge in [0.05, 0.1) is 0 Å². The van der Waals surface area contributed by atoms with Gasteiger partial charge in [0.2, 0.25) is 0 Å². The monoisotopic (exact) mass is 306 g/mol. The van der Waals surface area contributed by atoms with Crippen molar-refractivity contribution in [1.82, 2.24) is 19.7 Å². The first-order valence-corrected chi connectivity index (χ1v) is 6.20. The molecule has 0 fully saturated rings. The van der Waals surface area contributed by atoms with Crippen molar-refractivity contribution in [2.24, 2.45) is 0 Å². The second kappa shape index (κ2) is 5.84. The van der Waals surface area contributed by atoms with Crippen LogP contribution in [0.1, 0.15) is 0 Å². The highest BCUT2D eigenvalue weighted by Gasteiger charge is 2.12. The van der Waals surface area contributed by atoms with E-state index in [1.165, 1.54) is 17.1 Å². The van der Waals surface area contributed by atoms with Crippen molar-refractivity contribution in [1.29, 1.82) is 0 Å². The molecule has 0 amide bonds. The summed E-state index contributed by atoms with van der Waals surface area (Å²) in [6.45, 7) is -3.03. The van der Waals surface area contributed by atoms with Crippen LogP contribution in [0, 0.1) is 5.82 Å². The van der Waals surface area contributed by atoms with Crippen LogP contribution >= 0.6 is 0 Å². The van der Waals surface area contributed by atoms with Crippen molar-refractivity contribution in [3.8, 4) is 23.0 Å². The first kappa shape index (κ1) is 14.1. The summed E-state index contributed by atoms with van der Waals surface area (Å²) in [6.07, 6.45) is 2.99. The van der Waals surface area contributed by atoms with Crippen molar-refractivity contribution in [2.75, 3.05) is 0 Å². The molecule has 0 atom stereocenters. The van der Waals surface area contributed by atoms with E-state index in [-0.39, 0.29) is 17.1 Å². The summed E-state index contributed by atoms with van der Waals surface area (Å²) < 4.78 is 43.5. The number of benzene rings is 1. The largest absolute Gasteiger partial charge is 0.435 e. The quantitative estimate of drug-likeness (QED) is 0.743. The molecular weight excluding hydrogens is 297 g/mol. The van der Waals surface area contributed by atoms with Crippen LogP contribution in [0.2, 0.25) is 0 Å². The van der Waals surface area contributed by atoms with Gasteiger partial charge in [-0.2, -0.15) is 8.78 Å². The van der Waals surface area contributed by atoms with E-state index in [4.69, 9.17) is 0 Å². The smallest absolute Gasteiger partial charge is 0.387 e. The number of nitrogens with zero attached hydrogens (tertiary/aromatic N) is 4. The van der Waals surface area contributed by atoms with Crippen molar-refractivity contribution in [3.63, 3.8) is 0 Å². The van der Waals surface area contributed by atoms with Gasteiger partial charge < -0.3 is 4.74 Å². The van der Waals surface area contributed by atoms with E-state index in [9.17, 15) is 13.2 Å². The van der Waals surface area contributed by atoms with Gasteiger partial charge in [-0.3, -0.25) is 0 Å². The second-order valence-electron chi connectivity index (χ2n) is 4.25. The maximum atomic E-state index is 13.5. The Hall–Kier alpha value is -2.90. The van der Waals surface area contributed by atoms with E-state index in [1.54, 1.807) is 24.4 Å². The maximum absolute atomic E-state index is 13.5. The van der Waals surface area contributed by atoms with Crippen molar-refractivity contribution >= 4 is 0 Å². The predicted molar refractivity (Wildman–Crippen MR) is 71.2 cm³/mol. The zero-order valence-electron chi connectivity index (χ0n) is 11.0. The van der Waals surface area contributed by atoms with Crippen LogP contribution in [-0.4, -0.2) is 26.4 Å². The van der Waals surface area contributed by atoms with Gasteiger partial charge in [0.25, 0.3) is 0 Å². The number of halogens is 3. The molecule has 1 aromatic carbocycles. The van der Waals surface area contributed by atoms with E-state index >= 15 is 0 Å². The molecule has 112 valence electrons. The number of alkyl halides is 2. The molecule has 0 saturated heterocycles. The van der Waals surface area contributed by atoms with Crippen molar-refractivity contribution < 1.29 is 17.9 Å². The molecular formula is C14H9F3N4O. The minimum absolute atomic E-state index is 0.171. The standard InChI is InChI=1S/C14H9F3N4O/c15-10-5-9(6-11(7-10)22-14(16)17)13-19-8-21(20-13)12-3-1-2-4-18-12/h1-8,14H. The fraction of sp³-hybridized carbons (Fsp3) is 0.0714. The van der Waals surface area contributed by atoms with Crippen LogP contribution in [0.15, 0.2) is 48.9 Å². The molecule has 0 unspecified atom stereocenters. The molecule has 0 saturated carbocycles. The van der Waals surface area contributed by atoms with Gasteiger partial charge in [-0.15, -0.1) is 5.10 Å². The SMILES string of the molecule is Fc1cc(OC(F)F)cc(-c2ncn(-c3ccccn3)n2)c1. The van der Waals surface area contributed by atoms with E-state index in [2.05, 4.69) is 19.8 Å². The molecule has 22 heavy (non-hydrogen) atoms. The van der Waals surface area contributed by atoms with Crippen LogP contribution in [-0.2, 0) is 0 Å². The molecule has 0 bridgehead atoms. The Labute approximate surface area is 123 Å². The zero-order valence-corrected chi connectivity index (χ0v) is 11.0. The summed E-state index contributed by atoms with van der Waals surface area (Å²) in [7, 11) is 0. The molecule has 0 aliphatic carbocycles. The van der Waals surface area contributed by atoms with Gasteiger partial charge >= 0.3 is 6.61 Å². The Morgan fingerprint density at radius 1 is 1.09 bits per heavy atom. The van der Waals surface area contributed by atoms with Crippen LogP contribution in [0.4, 0.5) is 13.2 Å². The van der Waals surface area contributed by atoms with Gasteiger partial charge in [-0.25, -0.2) is 19.0 Å². The summed E-state index contributed by atoms with van der Waals surface area (Å²) >= 11 is 0. The number of pyridine rings is 1. The van der Waals surface area contributed by atoms with E-state index in [0.717, 1.165) is 12.1 Å². The maximum Gasteiger partial charge on any atom is 0.387 e. The van der Waals surface area contributed by atoms with Crippen LogP contribution < -0.4 is 4.74 Å². The summed E-state index contributed by atoms with van der Waals surface area (Å²) in [5.41, 5.74) is 0.227. The first-order chi connectivity index (χ1) is 10.6. The predicted octanol–water partition coefficient (Wildman–Crippen LogP) is 3.07. The van der Waals surface area contributed by atoms with Gasteiger partial charge in [0.15, 0.2) is 11.6 Å². The summed E-state index contributed by atoms with van der Waals surface area (Å²) in [5, 5.41) is 4.15. The highest BCUT2D eigenvalue weighted by atomic mass is 19.3. The summed E-state index contributed by atoms with van der Waals surface area (Å²) in [4.78, 5) is 8.12. The van der Waals surface area contributed by atoms with Gasteiger partial charge in [0, 0.05) is 17.8 Å². The number of aromatic nitrogens is 4. The molecule has 8 heteroatoms. The molecule has 0 N–H and O–H groups in total. The Kier molecular flexibility index (Phi) is 3.73. The lowest BCUT2D eigenvalue weighted by atomic mass is 10.2. The zero-order chi connectivity index (χ0) is 15.5. The number of hydrogen-bond acceptors (Lipinski definition) is 4. The molecule has 3 aromatic rings. The van der Waals surface area contributed by atoms with Crippen molar-refractivity contribution in [3.05, 3.63) is 54.7 Å². The normalized spacial score (nSPS) is 10.9. The molecule has 0 spiro atoms. The van der Waals surface area contributed by atoms with Gasteiger partial charge in [-0.05, 0) is 24.3 Å². The van der Waals surface area contributed by atoms with E-state index in [1.807, 2.05) is 0 Å². The third kappa shape index (κ3) is 3.05. The van der Waals surface area contributed by atoms with Crippen LogP contribution in [0.3, 0.4) is 0 Å². The summed E-state index contributed by atoms with van der Waals surface area (Å²) in [6, 6.07) is 8.49. The number of ether oxygens (including phenoxy) is 1. The fourth-order valence-corrected chi connectivity index (χ4v) is 1.86. The molecule has 5 nitrogen and oxygen atoms in total. The van der Waals surface area contributed by atoms with Gasteiger partial charge in [-0.1, -0.05) is 6.07 Å². The number of rotatable bonds is 4. The Morgan fingerprint density at radius 3 is 2.68 bits per heavy atom. The average molecular weight is 306 g/mol. The average Bonchev–Trinajstić information content (AvgIpc) is 2.96. The molecule has 2 heterocycles. The number of hydrogen-bond donors (Lipinski definition) is 0. The third-order valence-electron chi connectivity index (χ3n) is 2.73. The second-order valence-corrected chi connectivity index (χ2v) is 4.25. The lowest BCUT2D eigenvalue weighted by molar-refractivity contribution is -0.0499. The lowest BCUT2D eigenvalue weighted by Crippen LogP contribution is -2.02. The fourth-order valence-electron chi connectivity index (χ4n) is 1.86. The minimum atomic E-state index is -3.03. The van der Waals surface area contributed by atoms with Crippen molar-refractivity contribution in [2.45, 2.75) is 6.61 Å². The highest BCUT2D eigenvalue weighted by molar-refractivity contribution is 5.57. The lowest BCUT2D eigenvalue weighted by Gasteiger charge is -2.05. The molecule has 0 aliphatic heterocycles. The van der Waals surface area contributed by atoms with E-state index in [0.29, 0.717) is 5.82 Å². The van der Waals surface area contributed by atoms with E-state index < -0.39 is 12.4 Å². The van der Waals surface area contributed by atoms with Gasteiger partial charge in [0.1, 0.15) is 17.9 Å². The highest BCUT2D eigenvalue weighted by Crippen LogP contribution is 2.24. The molecule has 0 radical (unpaired) electrons. The molecule has 0 aliphatic rings. The third-order valence-corrected chi connectivity index (χ3v) is 2.73. The molecule has 3 rings (SSSR count). The summed E-state index contributed by atoms with van der Waals surface area (Å²) in [5.74, 6) is -0.313. The van der Waals surface area contributed by atoms with Crippen LogP contribution in [0.25, 0.3) is 17.2 Å². The molecule has 2 aromatic heterocycles. The Morgan fingerprint density at radius 2 is 1.95 bits per heavy atom. The van der Waals surface area contributed by atoms with Crippen LogP contribution in [0.5, 0.6) is 5.75 Å². The topological polar surface area (TPSA) is 52.8 Å².